The Labute approximate surface area is 117 Å². The Kier molecular flexibility index (Phi) is 4.21. The van der Waals surface area contributed by atoms with Gasteiger partial charge in [0, 0.05) is 6.07 Å². The molecule has 2 aromatic rings. The highest BCUT2D eigenvalue weighted by atomic mass is 19.4. The molecule has 0 radical (unpaired) electrons. The van der Waals surface area contributed by atoms with Crippen LogP contribution in [-0.2, 0) is 6.61 Å². The van der Waals surface area contributed by atoms with Gasteiger partial charge in [0.1, 0.15) is 23.9 Å². The number of rotatable bonds is 4. The molecule has 112 valence electrons. The predicted octanol–water partition coefficient (Wildman–Crippen LogP) is 3.89. The van der Waals surface area contributed by atoms with Gasteiger partial charge in [0.25, 0.3) is 0 Å². The molecule has 0 aliphatic carbocycles. The molecule has 0 atom stereocenters. The smallest absolute Gasteiger partial charge is 0.487 e. The molecule has 7 heteroatoms. The van der Waals surface area contributed by atoms with Gasteiger partial charge < -0.3 is 15.2 Å². The van der Waals surface area contributed by atoms with Crippen molar-refractivity contribution in [2.75, 3.05) is 5.73 Å². The molecule has 0 heterocycles. The highest BCUT2D eigenvalue weighted by molar-refractivity contribution is 5.52. The van der Waals surface area contributed by atoms with Crippen LogP contribution in [0.3, 0.4) is 0 Å². The average molecular weight is 301 g/mol. The summed E-state index contributed by atoms with van der Waals surface area (Å²) in [5.41, 5.74) is 6.33. The van der Waals surface area contributed by atoms with E-state index in [2.05, 4.69) is 4.74 Å². The van der Waals surface area contributed by atoms with Gasteiger partial charge in [-0.1, -0.05) is 12.1 Å². The van der Waals surface area contributed by atoms with E-state index < -0.39 is 12.2 Å². The van der Waals surface area contributed by atoms with E-state index in [0.717, 1.165) is 6.07 Å². The van der Waals surface area contributed by atoms with Crippen LogP contribution in [0.15, 0.2) is 42.5 Å². The maximum atomic E-state index is 12.8. The molecule has 0 aliphatic rings. The Hall–Kier alpha value is -2.44. The van der Waals surface area contributed by atoms with E-state index in [-0.39, 0.29) is 18.0 Å². The number of ether oxygens (including phenoxy) is 2. The molecule has 0 unspecified atom stereocenters. The highest BCUT2D eigenvalue weighted by Crippen LogP contribution is 2.25. The number of alkyl halides is 3. The van der Waals surface area contributed by atoms with Crippen LogP contribution in [0.5, 0.6) is 11.5 Å². The Morgan fingerprint density at radius 2 is 1.67 bits per heavy atom. The summed E-state index contributed by atoms with van der Waals surface area (Å²) in [5, 5.41) is 0. The largest absolute Gasteiger partial charge is 0.573 e. The monoisotopic (exact) mass is 301 g/mol. The van der Waals surface area contributed by atoms with Gasteiger partial charge in [-0.25, -0.2) is 4.39 Å². The minimum atomic E-state index is -4.72. The van der Waals surface area contributed by atoms with E-state index in [1.807, 2.05) is 0 Å². The molecule has 2 aromatic carbocycles. The number of nitrogens with two attached hydrogens (primary N) is 1. The van der Waals surface area contributed by atoms with Crippen molar-refractivity contribution >= 4 is 5.69 Å². The first-order valence-electron chi connectivity index (χ1n) is 5.86. The van der Waals surface area contributed by atoms with E-state index in [0.29, 0.717) is 11.3 Å². The number of hydrogen-bond acceptors (Lipinski definition) is 3. The van der Waals surface area contributed by atoms with Gasteiger partial charge in [0.2, 0.25) is 0 Å². The molecule has 0 amide bonds. The van der Waals surface area contributed by atoms with E-state index in [1.54, 1.807) is 0 Å². The van der Waals surface area contributed by atoms with Crippen LogP contribution in [0.25, 0.3) is 0 Å². The first-order chi connectivity index (χ1) is 9.83. The number of halogens is 4. The average Bonchev–Trinajstić information content (AvgIpc) is 2.38. The van der Waals surface area contributed by atoms with Crippen LogP contribution >= 0.6 is 0 Å². The van der Waals surface area contributed by atoms with Gasteiger partial charge in [-0.2, -0.15) is 0 Å². The van der Waals surface area contributed by atoms with Crippen LogP contribution in [-0.4, -0.2) is 6.36 Å². The van der Waals surface area contributed by atoms with Gasteiger partial charge >= 0.3 is 6.36 Å². The fourth-order valence-corrected chi connectivity index (χ4v) is 1.60. The second kappa shape index (κ2) is 5.90. The van der Waals surface area contributed by atoms with Gasteiger partial charge in [-0.05, 0) is 29.8 Å². The molecule has 2 N–H and O–H groups in total. The summed E-state index contributed by atoms with van der Waals surface area (Å²) in [7, 11) is 0. The van der Waals surface area contributed by atoms with Crippen molar-refractivity contribution in [3.8, 4) is 11.5 Å². The van der Waals surface area contributed by atoms with Crippen molar-refractivity contribution in [1.82, 2.24) is 0 Å². The van der Waals surface area contributed by atoms with Crippen LogP contribution in [0.4, 0.5) is 23.2 Å². The zero-order chi connectivity index (χ0) is 15.5. The third-order valence-corrected chi connectivity index (χ3v) is 2.52. The second-order valence-electron chi connectivity index (χ2n) is 4.16. The van der Waals surface area contributed by atoms with E-state index in [9.17, 15) is 17.6 Å². The first-order valence-corrected chi connectivity index (χ1v) is 5.86. The molecule has 0 saturated heterocycles. The maximum absolute atomic E-state index is 12.8. The number of nitrogen functional groups attached to an aromatic ring is 1. The fraction of sp³-hybridized carbons (Fsp3) is 0.143. The quantitative estimate of drug-likeness (QED) is 0.688. The third kappa shape index (κ3) is 4.55. The lowest BCUT2D eigenvalue weighted by Gasteiger charge is -2.11. The summed E-state index contributed by atoms with van der Waals surface area (Å²) >= 11 is 0. The van der Waals surface area contributed by atoms with Crippen LogP contribution < -0.4 is 15.2 Å². The van der Waals surface area contributed by atoms with Crippen molar-refractivity contribution in [3.05, 3.63) is 53.8 Å². The topological polar surface area (TPSA) is 44.5 Å². The molecule has 3 nitrogen and oxygen atoms in total. The van der Waals surface area contributed by atoms with Crippen molar-refractivity contribution in [1.29, 1.82) is 0 Å². The van der Waals surface area contributed by atoms with E-state index in [4.69, 9.17) is 10.5 Å². The lowest BCUT2D eigenvalue weighted by molar-refractivity contribution is -0.274. The number of hydrogen-bond donors (Lipinski definition) is 1. The van der Waals surface area contributed by atoms with Crippen molar-refractivity contribution in [2.45, 2.75) is 13.0 Å². The third-order valence-electron chi connectivity index (χ3n) is 2.52. The molecule has 21 heavy (non-hydrogen) atoms. The van der Waals surface area contributed by atoms with Gasteiger partial charge in [-0.15, -0.1) is 13.2 Å². The molecule has 2 rings (SSSR count). The lowest BCUT2D eigenvalue weighted by Crippen LogP contribution is -2.17. The Morgan fingerprint density at radius 1 is 1.00 bits per heavy atom. The fourth-order valence-electron chi connectivity index (χ4n) is 1.60. The number of benzene rings is 2. The molecule has 0 spiro atoms. The molecule has 0 aromatic heterocycles. The summed E-state index contributed by atoms with van der Waals surface area (Å²) in [5.74, 6) is -0.493. The van der Waals surface area contributed by atoms with Crippen LogP contribution in [0.2, 0.25) is 0 Å². The minimum absolute atomic E-state index is 0.0854. The normalized spacial score (nSPS) is 11.2. The van der Waals surface area contributed by atoms with Gasteiger partial charge in [-0.3, -0.25) is 0 Å². The molecule has 0 saturated carbocycles. The predicted molar refractivity (Wildman–Crippen MR) is 68.3 cm³/mol. The van der Waals surface area contributed by atoms with Crippen molar-refractivity contribution in [3.63, 3.8) is 0 Å². The lowest BCUT2D eigenvalue weighted by atomic mass is 10.2. The van der Waals surface area contributed by atoms with Gasteiger partial charge in [0.05, 0.1) is 5.69 Å². The molecule has 0 bridgehead atoms. The number of anilines is 1. The summed E-state index contributed by atoms with van der Waals surface area (Å²) < 4.78 is 58.0. The SMILES string of the molecule is Nc1cc(F)ccc1OCc1ccc(OC(F)(F)F)cc1. The summed E-state index contributed by atoms with van der Waals surface area (Å²) in [4.78, 5) is 0. The molecule has 0 fully saturated rings. The van der Waals surface area contributed by atoms with E-state index >= 15 is 0 Å². The summed E-state index contributed by atoms with van der Waals surface area (Å²) in [6.45, 7) is 0.0854. The Bertz CT molecular complexity index is 611. The Balaban J connectivity index is 1.97. The molecular weight excluding hydrogens is 290 g/mol. The van der Waals surface area contributed by atoms with E-state index in [1.165, 1.54) is 36.4 Å². The van der Waals surface area contributed by atoms with Crippen LogP contribution in [0.1, 0.15) is 5.56 Å². The first kappa shape index (κ1) is 15.0. The maximum Gasteiger partial charge on any atom is 0.573 e. The van der Waals surface area contributed by atoms with Crippen LogP contribution in [0, 0.1) is 5.82 Å². The van der Waals surface area contributed by atoms with Gasteiger partial charge in [0.15, 0.2) is 0 Å². The van der Waals surface area contributed by atoms with Crippen molar-refractivity contribution < 1.29 is 27.0 Å². The standard InChI is InChI=1S/C14H11F4NO2/c15-10-3-6-13(12(19)7-10)20-8-9-1-4-11(5-2-9)21-14(16,17)18/h1-7H,8,19H2. The molecule has 0 aliphatic heterocycles. The molecular formula is C14H11F4NO2. The summed E-state index contributed by atoms with van der Waals surface area (Å²) in [6, 6.07) is 8.93. The highest BCUT2D eigenvalue weighted by Gasteiger charge is 2.30. The summed E-state index contributed by atoms with van der Waals surface area (Å²) in [6.07, 6.45) is -4.72. The Morgan fingerprint density at radius 3 is 2.24 bits per heavy atom. The minimum Gasteiger partial charge on any atom is -0.487 e. The van der Waals surface area contributed by atoms with Crippen molar-refractivity contribution in [2.24, 2.45) is 0 Å². The zero-order valence-electron chi connectivity index (χ0n) is 10.7. The second-order valence-corrected chi connectivity index (χ2v) is 4.16. The zero-order valence-corrected chi connectivity index (χ0v) is 10.7.